The molecular weight excluding hydrogens is 206 g/mol. The van der Waals surface area contributed by atoms with Crippen LogP contribution in [0.25, 0.3) is 11.1 Å². The summed E-state index contributed by atoms with van der Waals surface area (Å²) in [6, 6.07) is 5.71. The molecule has 0 atom stereocenters. The number of oxazole rings is 1. The number of hydrogen-bond acceptors (Lipinski definition) is 4. The first kappa shape index (κ1) is 10.9. The minimum Gasteiger partial charge on any atom is -0.408 e. The van der Waals surface area contributed by atoms with E-state index in [-0.39, 0.29) is 5.76 Å². The van der Waals surface area contributed by atoms with Crippen molar-refractivity contribution in [2.24, 2.45) is 12.8 Å². The van der Waals surface area contributed by atoms with Crippen molar-refractivity contribution in [3.05, 3.63) is 34.3 Å². The summed E-state index contributed by atoms with van der Waals surface area (Å²) in [5.74, 6) is -0.334. The largest absolute Gasteiger partial charge is 0.419 e. The van der Waals surface area contributed by atoms with Crippen LogP contribution in [0.2, 0.25) is 0 Å². The second-order valence-electron chi connectivity index (χ2n) is 3.93. The molecule has 0 spiro atoms. The highest BCUT2D eigenvalue weighted by Gasteiger charge is 2.07. The van der Waals surface area contributed by atoms with E-state index in [0.717, 1.165) is 17.6 Å². The third kappa shape index (κ3) is 1.87. The number of benzene rings is 1. The van der Waals surface area contributed by atoms with Gasteiger partial charge in [-0.1, -0.05) is 6.07 Å². The number of nitrogens with two attached hydrogens (primary N) is 1. The zero-order valence-corrected chi connectivity index (χ0v) is 9.43. The SMILES string of the molecule is CN(CN)Cc1ccc2oc(=O)n(C)c2c1. The van der Waals surface area contributed by atoms with Crippen LogP contribution >= 0.6 is 0 Å². The van der Waals surface area contributed by atoms with Crippen molar-refractivity contribution < 1.29 is 4.42 Å². The summed E-state index contributed by atoms with van der Waals surface area (Å²) in [5, 5.41) is 0. The number of aryl methyl sites for hydroxylation is 1. The van der Waals surface area contributed by atoms with Gasteiger partial charge in [-0.3, -0.25) is 9.47 Å². The minimum atomic E-state index is -0.334. The molecule has 5 heteroatoms. The molecule has 16 heavy (non-hydrogen) atoms. The maximum Gasteiger partial charge on any atom is 0.419 e. The lowest BCUT2D eigenvalue weighted by atomic mass is 10.2. The van der Waals surface area contributed by atoms with Gasteiger partial charge in [-0.15, -0.1) is 0 Å². The van der Waals surface area contributed by atoms with E-state index in [0.29, 0.717) is 12.3 Å². The fourth-order valence-corrected chi connectivity index (χ4v) is 1.65. The summed E-state index contributed by atoms with van der Waals surface area (Å²) in [5.41, 5.74) is 8.06. The van der Waals surface area contributed by atoms with Crippen molar-refractivity contribution in [2.45, 2.75) is 6.54 Å². The molecule has 0 fully saturated rings. The Balaban J connectivity index is 2.43. The molecule has 86 valence electrons. The van der Waals surface area contributed by atoms with Crippen LogP contribution in [0.15, 0.2) is 27.4 Å². The Bertz CT molecular complexity index is 556. The van der Waals surface area contributed by atoms with Crippen LogP contribution < -0.4 is 11.5 Å². The summed E-state index contributed by atoms with van der Waals surface area (Å²) in [6.45, 7) is 1.26. The summed E-state index contributed by atoms with van der Waals surface area (Å²) < 4.78 is 6.56. The zero-order valence-electron chi connectivity index (χ0n) is 9.43. The maximum absolute atomic E-state index is 11.3. The van der Waals surface area contributed by atoms with Gasteiger partial charge in [0, 0.05) is 20.3 Å². The zero-order chi connectivity index (χ0) is 11.7. The molecule has 1 heterocycles. The molecule has 1 aromatic carbocycles. The van der Waals surface area contributed by atoms with Crippen molar-refractivity contribution in [2.75, 3.05) is 13.7 Å². The van der Waals surface area contributed by atoms with E-state index in [4.69, 9.17) is 10.2 Å². The highest BCUT2D eigenvalue weighted by atomic mass is 16.4. The van der Waals surface area contributed by atoms with Crippen molar-refractivity contribution in [1.29, 1.82) is 0 Å². The molecule has 0 unspecified atom stereocenters. The fraction of sp³-hybridized carbons (Fsp3) is 0.364. The highest BCUT2D eigenvalue weighted by molar-refractivity contribution is 5.73. The predicted octanol–water partition coefficient (Wildman–Crippen LogP) is 0.479. The Morgan fingerprint density at radius 2 is 2.25 bits per heavy atom. The van der Waals surface area contributed by atoms with Crippen LogP contribution in [0.4, 0.5) is 0 Å². The van der Waals surface area contributed by atoms with Gasteiger partial charge < -0.3 is 10.2 Å². The normalized spacial score (nSPS) is 11.5. The van der Waals surface area contributed by atoms with Crippen LogP contribution in [-0.2, 0) is 13.6 Å². The Morgan fingerprint density at radius 1 is 1.50 bits per heavy atom. The highest BCUT2D eigenvalue weighted by Crippen LogP contribution is 2.14. The second kappa shape index (κ2) is 4.11. The van der Waals surface area contributed by atoms with E-state index in [1.165, 1.54) is 4.57 Å². The summed E-state index contributed by atoms with van der Waals surface area (Å²) in [6.07, 6.45) is 0. The van der Waals surface area contributed by atoms with Crippen LogP contribution in [0, 0.1) is 0 Å². The van der Waals surface area contributed by atoms with Gasteiger partial charge in [0.25, 0.3) is 0 Å². The molecule has 5 nitrogen and oxygen atoms in total. The number of nitrogens with zero attached hydrogens (tertiary/aromatic N) is 2. The van der Waals surface area contributed by atoms with Crippen molar-refractivity contribution in [1.82, 2.24) is 9.47 Å². The topological polar surface area (TPSA) is 64.4 Å². The van der Waals surface area contributed by atoms with Gasteiger partial charge in [-0.05, 0) is 24.7 Å². The first-order valence-corrected chi connectivity index (χ1v) is 5.09. The average Bonchev–Trinajstić information content (AvgIpc) is 2.55. The molecule has 1 aromatic heterocycles. The molecule has 0 aliphatic heterocycles. The summed E-state index contributed by atoms with van der Waals surface area (Å²) >= 11 is 0. The van der Waals surface area contributed by atoms with Crippen LogP contribution in [0.1, 0.15) is 5.56 Å². The van der Waals surface area contributed by atoms with Crippen LogP contribution in [-0.4, -0.2) is 23.2 Å². The quantitative estimate of drug-likeness (QED) is 0.766. The van der Waals surface area contributed by atoms with Gasteiger partial charge in [-0.2, -0.15) is 0 Å². The van der Waals surface area contributed by atoms with Crippen molar-refractivity contribution in [3.63, 3.8) is 0 Å². The molecule has 0 saturated carbocycles. The van der Waals surface area contributed by atoms with E-state index in [2.05, 4.69) is 0 Å². The number of rotatable bonds is 3. The van der Waals surface area contributed by atoms with Gasteiger partial charge in [0.1, 0.15) is 0 Å². The average molecular weight is 221 g/mol. The molecule has 0 amide bonds. The van der Waals surface area contributed by atoms with Crippen molar-refractivity contribution in [3.8, 4) is 0 Å². The van der Waals surface area contributed by atoms with E-state index < -0.39 is 0 Å². The standard InChI is InChI=1S/C11H15N3O2/c1-13(7-12)6-8-3-4-10-9(5-8)14(2)11(15)16-10/h3-5H,6-7,12H2,1-2H3. The lowest BCUT2D eigenvalue weighted by Gasteiger charge is -2.13. The predicted molar refractivity (Wildman–Crippen MR) is 62.0 cm³/mol. The molecule has 0 radical (unpaired) electrons. The molecule has 2 N–H and O–H groups in total. The van der Waals surface area contributed by atoms with E-state index in [9.17, 15) is 4.79 Å². The molecule has 0 bridgehead atoms. The van der Waals surface area contributed by atoms with E-state index >= 15 is 0 Å². The molecule has 0 aliphatic rings. The second-order valence-corrected chi connectivity index (χ2v) is 3.93. The summed E-state index contributed by atoms with van der Waals surface area (Å²) in [4.78, 5) is 13.3. The van der Waals surface area contributed by atoms with Gasteiger partial charge in [0.15, 0.2) is 5.58 Å². The molecule has 2 aromatic rings. The Morgan fingerprint density at radius 3 is 2.94 bits per heavy atom. The number of fused-ring (bicyclic) bond motifs is 1. The third-order valence-electron chi connectivity index (χ3n) is 2.62. The van der Waals surface area contributed by atoms with Crippen LogP contribution in [0.3, 0.4) is 0 Å². The first-order valence-electron chi connectivity index (χ1n) is 5.09. The van der Waals surface area contributed by atoms with Crippen molar-refractivity contribution >= 4 is 11.1 Å². The Hall–Kier alpha value is -1.59. The Labute approximate surface area is 93.1 Å². The Kier molecular flexibility index (Phi) is 2.80. The van der Waals surface area contributed by atoms with Gasteiger partial charge in [0.2, 0.25) is 0 Å². The monoisotopic (exact) mass is 221 g/mol. The molecule has 0 saturated heterocycles. The fourth-order valence-electron chi connectivity index (χ4n) is 1.65. The maximum atomic E-state index is 11.3. The van der Waals surface area contributed by atoms with Gasteiger partial charge in [0.05, 0.1) is 5.52 Å². The summed E-state index contributed by atoms with van der Waals surface area (Å²) in [7, 11) is 3.64. The molecule has 2 rings (SSSR count). The number of hydrogen-bond donors (Lipinski definition) is 1. The van der Waals surface area contributed by atoms with Crippen LogP contribution in [0.5, 0.6) is 0 Å². The van der Waals surface area contributed by atoms with E-state index in [1.807, 2.05) is 30.1 Å². The third-order valence-corrected chi connectivity index (χ3v) is 2.62. The lowest BCUT2D eigenvalue weighted by Crippen LogP contribution is -2.24. The minimum absolute atomic E-state index is 0.334. The van der Waals surface area contributed by atoms with Gasteiger partial charge >= 0.3 is 5.76 Å². The van der Waals surface area contributed by atoms with E-state index in [1.54, 1.807) is 7.05 Å². The first-order chi connectivity index (χ1) is 7.61. The molecule has 0 aliphatic carbocycles. The number of aromatic nitrogens is 1. The molecular formula is C11H15N3O2. The van der Waals surface area contributed by atoms with Gasteiger partial charge in [-0.25, -0.2) is 4.79 Å². The lowest BCUT2D eigenvalue weighted by molar-refractivity contribution is 0.337. The smallest absolute Gasteiger partial charge is 0.408 e.